The largest absolute Gasteiger partial charge is 0.374 e. The number of hydrogen-bond acceptors (Lipinski definition) is 4. The lowest BCUT2D eigenvalue weighted by molar-refractivity contribution is 0.0946. The van der Waals surface area contributed by atoms with Crippen molar-refractivity contribution in [3.8, 4) is 0 Å². The summed E-state index contributed by atoms with van der Waals surface area (Å²) in [4.78, 5) is 6.22. The Labute approximate surface area is 121 Å². The molecule has 110 valence electrons. The van der Waals surface area contributed by atoms with Crippen molar-refractivity contribution in [1.82, 2.24) is 10.3 Å². The molecular weight excluding hydrogens is 256 g/mol. The first-order valence-corrected chi connectivity index (χ1v) is 8.15. The van der Waals surface area contributed by atoms with Crippen molar-refractivity contribution in [2.24, 2.45) is 5.92 Å². The third-order valence-corrected chi connectivity index (χ3v) is 4.23. The highest BCUT2D eigenvalue weighted by Gasteiger charge is 2.18. The second-order valence-corrected chi connectivity index (χ2v) is 6.43. The number of rotatable bonds is 9. The van der Waals surface area contributed by atoms with E-state index >= 15 is 0 Å². The van der Waals surface area contributed by atoms with Gasteiger partial charge in [0.2, 0.25) is 0 Å². The molecule has 0 saturated carbocycles. The Morgan fingerprint density at radius 1 is 1.32 bits per heavy atom. The molecule has 0 bridgehead atoms. The SMILES string of the molecule is CCCC(OC)c1nc(CC(C)C)c(CNCC)s1. The fourth-order valence-corrected chi connectivity index (χ4v) is 3.24. The Kier molecular flexibility index (Phi) is 7.57. The quantitative estimate of drug-likeness (QED) is 0.746. The molecule has 3 nitrogen and oxygen atoms in total. The standard InChI is InChI=1S/C15H28N2OS/c1-6-8-13(18-5)15-17-12(9-11(3)4)14(19-15)10-16-7-2/h11,13,16H,6-10H2,1-5H3. The molecule has 1 rings (SSSR count). The first kappa shape index (κ1) is 16.6. The van der Waals surface area contributed by atoms with Gasteiger partial charge in [-0.05, 0) is 25.3 Å². The van der Waals surface area contributed by atoms with E-state index in [4.69, 9.17) is 9.72 Å². The highest BCUT2D eigenvalue weighted by atomic mass is 32.1. The zero-order chi connectivity index (χ0) is 14.3. The Hall–Kier alpha value is -0.450. The Morgan fingerprint density at radius 2 is 2.05 bits per heavy atom. The monoisotopic (exact) mass is 284 g/mol. The summed E-state index contributed by atoms with van der Waals surface area (Å²) in [7, 11) is 1.79. The number of ether oxygens (including phenoxy) is 1. The first-order valence-electron chi connectivity index (χ1n) is 7.34. The van der Waals surface area contributed by atoms with Crippen molar-refractivity contribution < 1.29 is 4.74 Å². The molecule has 0 spiro atoms. The van der Waals surface area contributed by atoms with E-state index in [1.807, 2.05) is 11.3 Å². The zero-order valence-corrected chi connectivity index (χ0v) is 13.8. The van der Waals surface area contributed by atoms with Gasteiger partial charge < -0.3 is 10.1 Å². The van der Waals surface area contributed by atoms with Crippen molar-refractivity contribution in [3.05, 3.63) is 15.6 Å². The number of methoxy groups -OCH3 is 1. The number of aromatic nitrogens is 1. The van der Waals surface area contributed by atoms with Gasteiger partial charge in [-0.3, -0.25) is 0 Å². The van der Waals surface area contributed by atoms with Crippen LogP contribution in [-0.2, 0) is 17.7 Å². The highest BCUT2D eigenvalue weighted by molar-refractivity contribution is 7.11. The van der Waals surface area contributed by atoms with Crippen molar-refractivity contribution in [2.45, 2.75) is 59.6 Å². The van der Waals surface area contributed by atoms with Crippen LogP contribution in [0, 0.1) is 5.92 Å². The van der Waals surface area contributed by atoms with Gasteiger partial charge >= 0.3 is 0 Å². The van der Waals surface area contributed by atoms with Crippen LogP contribution >= 0.6 is 11.3 Å². The van der Waals surface area contributed by atoms with E-state index in [-0.39, 0.29) is 6.10 Å². The van der Waals surface area contributed by atoms with Gasteiger partial charge in [0.15, 0.2) is 0 Å². The molecule has 1 heterocycles. The smallest absolute Gasteiger partial charge is 0.122 e. The van der Waals surface area contributed by atoms with E-state index in [0.717, 1.165) is 37.4 Å². The average molecular weight is 284 g/mol. The van der Waals surface area contributed by atoms with Gasteiger partial charge in [-0.15, -0.1) is 11.3 Å². The molecule has 4 heteroatoms. The normalized spacial score (nSPS) is 13.2. The van der Waals surface area contributed by atoms with E-state index in [2.05, 4.69) is 33.0 Å². The molecular formula is C15H28N2OS. The second-order valence-electron chi connectivity index (χ2n) is 5.31. The minimum atomic E-state index is 0.163. The third kappa shape index (κ3) is 5.21. The molecule has 0 radical (unpaired) electrons. The Balaban J connectivity index is 2.90. The van der Waals surface area contributed by atoms with Crippen molar-refractivity contribution in [1.29, 1.82) is 0 Å². The van der Waals surface area contributed by atoms with Gasteiger partial charge in [-0.1, -0.05) is 34.1 Å². The van der Waals surface area contributed by atoms with Gasteiger partial charge in [0, 0.05) is 18.5 Å². The van der Waals surface area contributed by atoms with E-state index in [1.165, 1.54) is 10.6 Å². The highest BCUT2D eigenvalue weighted by Crippen LogP contribution is 2.30. The maximum absolute atomic E-state index is 5.58. The maximum Gasteiger partial charge on any atom is 0.122 e. The summed E-state index contributed by atoms with van der Waals surface area (Å²) in [5, 5.41) is 4.56. The van der Waals surface area contributed by atoms with Crippen LogP contribution in [0.1, 0.15) is 62.2 Å². The van der Waals surface area contributed by atoms with Gasteiger partial charge in [0.1, 0.15) is 11.1 Å². The summed E-state index contributed by atoms with van der Waals surface area (Å²) in [5.74, 6) is 0.641. The fraction of sp³-hybridized carbons (Fsp3) is 0.800. The summed E-state index contributed by atoms with van der Waals surface area (Å²) in [5.41, 5.74) is 1.26. The Morgan fingerprint density at radius 3 is 2.58 bits per heavy atom. The summed E-state index contributed by atoms with van der Waals surface area (Å²) in [6.07, 6.45) is 3.39. The number of hydrogen-bond donors (Lipinski definition) is 1. The molecule has 0 aliphatic heterocycles. The molecule has 19 heavy (non-hydrogen) atoms. The van der Waals surface area contributed by atoms with E-state index in [9.17, 15) is 0 Å². The molecule has 0 aromatic carbocycles. The second kappa shape index (κ2) is 8.67. The molecule has 0 saturated heterocycles. The van der Waals surface area contributed by atoms with Crippen LogP contribution in [0.4, 0.5) is 0 Å². The molecule has 0 aliphatic rings. The molecule has 0 amide bonds. The van der Waals surface area contributed by atoms with E-state index in [1.54, 1.807) is 7.11 Å². The molecule has 0 fully saturated rings. The van der Waals surface area contributed by atoms with Crippen molar-refractivity contribution in [3.63, 3.8) is 0 Å². The predicted octanol–water partition coefficient (Wildman–Crippen LogP) is 3.94. The zero-order valence-electron chi connectivity index (χ0n) is 13.0. The lowest BCUT2D eigenvalue weighted by atomic mass is 10.1. The summed E-state index contributed by atoms with van der Waals surface area (Å²) in [6, 6.07) is 0. The molecule has 1 N–H and O–H groups in total. The molecule has 1 atom stereocenters. The molecule has 1 unspecified atom stereocenters. The number of thiazole rings is 1. The van der Waals surface area contributed by atoms with Crippen LogP contribution in [-0.4, -0.2) is 18.6 Å². The van der Waals surface area contributed by atoms with Crippen LogP contribution < -0.4 is 5.32 Å². The summed E-state index contributed by atoms with van der Waals surface area (Å²) in [6.45, 7) is 10.7. The van der Waals surface area contributed by atoms with Crippen LogP contribution in [0.25, 0.3) is 0 Å². The molecule has 1 aromatic rings. The topological polar surface area (TPSA) is 34.1 Å². The van der Waals surface area contributed by atoms with Crippen molar-refractivity contribution >= 4 is 11.3 Å². The van der Waals surface area contributed by atoms with Gasteiger partial charge in [0.05, 0.1) is 5.69 Å². The maximum atomic E-state index is 5.58. The Bertz CT molecular complexity index is 363. The predicted molar refractivity (Wildman–Crippen MR) is 82.7 cm³/mol. The molecule has 1 aromatic heterocycles. The number of nitrogens with zero attached hydrogens (tertiary/aromatic N) is 1. The minimum absolute atomic E-state index is 0.163. The first-order chi connectivity index (χ1) is 9.12. The van der Waals surface area contributed by atoms with Crippen LogP contribution in [0.3, 0.4) is 0 Å². The van der Waals surface area contributed by atoms with E-state index < -0.39 is 0 Å². The summed E-state index contributed by atoms with van der Waals surface area (Å²) < 4.78 is 5.58. The fourth-order valence-electron chi connectivity index (χ4n) is 2.07. The van der Waals surface area contributed by atoms with Gasteiger partial charge in [-0.2, -0.15) is 0 Å². The third-order valence-electron chi connectivity index (χ3n) is 3.04. The lowest BCUT2D eigenvalue weighted by Crippen LogP contribution is -2.12. The van der Waals surface area contributed by atoms with E-state index in [0.29, 0.717) is 5.92 Å². The van der Waals surface area contributed by atoms with Crippen LogP contribution in [0.2, 0.25) is 0 Å². The summed E-state index contributed by atoms with van der Waals surface area (Å²) >= 11 is 1.82. The number of nitrogens with one attached hydrogen (secondary N) is 1. The van der Waals surface area contributed by atoms with Gasteiger partial charge in [-0.25, -0.2) is 4.98 Å². The lowest BCUT2D eigenvalue weighted by Gasteiger charge is -2.10. The average Bonchev–Trinajstić information content (AvgIpc) is 2.75. The molecule has 0 aliphatic carbocycles. The van der Waals surface area contributed by atoms with Crippen molar-refractivity contribution in [2.75, 3.05) is 13.7 Å². The minimum Gasteiger partial charge on any atom is -0.374 e. The van der Waals surface area contributed by atoms with Gasteiger partial charge in [0.25, 0.3) is 0 Å². The van der Waals surface area contributed by atoms with Crippen LogP contribution in [0.5, 0.6) is 0 Å². The van der Waals surface area contributed by atoms with Crippen LogP contribution in [0.15, 0.2) is 0 Å².